The fourth-order valence-corrected chi connectivity index (χ4v) is 3.88. The van der Waals surface area contributed by atoms with Crippen LogP contribution >= 0.6 is 38.9 Å². The molecule has 0 N–H and O–H groups in total. The standard InChI is InChI=1S/C17H14BrClN2OS/c1-10(16-20-14-5-3-4-6-15(14)23-16)21(2)17(22)12-9-11(18)7-8-13(12)19/h3-10H,1-2H3/t10-/m0/s1. The second-order valence-electron chi connectivity index (χ2n) is 5.24. The zero-order chi connectivity index (χ0) is 16.6. The van der Waals surface area contributed by atoms with Gasteiger partial charge in [-0.3, -0.25) is 4.79 Å². The van der Waals surface area contributed by atoms with E-state index in [1.165, 1.54) is 0 Å². The maximum Gasteiger partial charge on any atom is 0.255 e. The monoisotopic (exact) mass is 408 g/mol. The van der Waals surface area contributed by atoms with E-state index in [-0.39, 0.29) is 11.9 Å². The summed E-state index contributed by atoms with van der Waals surface area (Å²) in [5, 5.41) is 1.36. The van der Waals surface area contributed by atoms with Crippen LogP contribution in [0.15, 0.2) is 46.9 Å². The number of fused-ring (bicyclic) bond motifs is 1. The van der Waals surface area contributed by atoms with Crippen LogP contribution in [-0.4, -0.2) is 22.8 Å². The quantitative estimate of drug-likeness (QED) is 0.568. The summed E-state index contributed by atoms with van der Waals surface area (Å²) < 4.78 is 1.95. The number of benzene rings is 2. The first-order valence-electron chi connectivity index (χ1n) is 7.05. The molecule has 1 aromatic heterocycles. The van der Waals surface area contributed by atoms with Crippen LogP contribution in [0.5, 0.6) is 0 Å². The van der Waals surface area contributed by atoms with Crippen molar-refractivity contribution in [2.24, 2.45) is 0 Å². The number of aromatic nitrogens is 1. The van der Waals surface area contributed by atoms with Crippen LogP contribution in [0.25, 0.3) is 10.2 Å². The fraction of sp³-hybridized carbons (Fsp3) is 0.176. The van der Waals surface area contributed by atoms with Gasteiger partial charge >= 0.3 is 0 Å². The molecule has 0 unspecified atom stereocenters. The summed E-state index contributed by atoms with van der Waals surface area (Å²) in [5.74, 6) is -0.122. The Morgan fingerprint density at radius 2 is 2.04 bits per heavy atom. The number of nitrogens with zero attached hydrogens (tertiary/aromatic N) is 2. The molecule has 23 heavy (non-hydrogen) atoms. The summed E-state index contributed by atoms with van der Waals surface area (Å²) in [6.07, 6.45) is 0. The predicted octanol–water partition coefficient (Wildman–Crippen LogP) is 5.55. The van der Waals surface area contributed by atoms with Gasteiger partial charge in [-0.25, -0.2) is 4.98 Å². The fourth-order valence-electron chi connectivity index (χ4n) is 2.26. The lowest BCUT2D eigenvalue weighted by atomic mass is 10.2. The molecule has 0 aliphatic heterocycles. The van der Waals surface area contributed by atoms with Gasteiger partial charge in [-0.1, -0.05) is 39.7 Å². The van der Waals surface area contributed by atoms with Crippen LogP contribution in [0.1, 0.15) is 28.3 Å². The van der Waals surface area contributed by atoms with E-state index >= 15 is 0 Å². The molecule has 2 aromatic carbocycles. The number of halogens is 2. The molecular weight excluding hydrogens is 396 g/mol. The van der Waals surface area contributed by atoms with Crippen LogP contribution in [0.3, 0.4) is 0 Å². The van der Waals surface area contributed by atoms with E-state index in [1.807, 2.05) is 37.3 Å². The Labute approximate surface area is 152 Å². The third-order valence-electron chi connectivity index (χ3n) is 3.73. The summed E-state index contributed by atoms with van der Waals surface area (Å²) in [6.45, 7) is 1.97. The van der Waals surface area contributed by atoms with E-state index in [4.69, 9.17) is 11.6 Å². The molecular formula is C17H14BrClN2OS. The highest BCUT2D eigenvalue weighted by atomic mass is 79.9. The van der Waals surface area contributed by atoms with E-state index in [0.717, 1.165) is 19.7 Å². The summed E-state index contributed by atoms with van der Waals surface area (Å²) >= 11 is 11.2. The molecule has 118 valence electrons. The molecule has 0 fully saturated rings. The molecule has 3 aromatic rings. The van der Waals surface area contributed by atoms with E-state index in [0.29, 0.717) is 10.6 Å². The van der Waals surface area contributed by atoms with E-state index in [2.05, 4.69) is 20.9 Å². The zero-order valence-electron chi connectivity index (χ0n) is 12.6. The molecule has 1 heterocycles. The Hall–Kier alpha value is -1.43. The Morgan fingerprint density at radius 1 is 1.30 bits per heavy atom. The maximum atomic E-state index is 12.7. The summed E-state index contributed by atoms with van der Waals surface area (Å²) in [5.41, 5.74) is 1.44. The van der Waals surface area contributed by atoms with Crippen LogP contribution in [0.2, 0.25) is 5.02 Å². The molecule has 1 atom stereocenters. The highest BCUT2D eigenvalue weighted by Gasteiger charge is 2.23. The number of carbonyl (C=O) groups is 1. The molecule has 0 aliphatic carbocycles. The summed E-state index contributed by atoms with van der Waals surface area (Å²) in [7, 11) is 1.77. The lowest BCUT2D eigenvalue weighted by molar-refractivity contribution is 0.0742. The summed E-state index contributed by atoms with van der Waals surface area (Å²) in [4.78, 5) is 19.0. The molecule has 0 spiro atoms. The molecule has 0 saturated heterocycles. The predicted molar refractivity (Wildman–Crippen MR) is 99.3 cm³/mol. The van der Waals surface area contributed by atoms with Crippen molar-refractivity contribution in [2.75, 3.05) is 7.05 Å². The number of hydrogen-bond donors (Lipinski definition) is 0. The van der Waals surface area contributed by atoms with Gasteiger partial charge in [0, 0.05) is 11.5 Å². The minimum absolute atomic E-state index is 0.122. The van der Waals surface area contributed by atoms with E-state index < -0.39 is 0 Å². The topological polar surface area (TPSA) is 33.2 Å². The van der Waals surface area contributed by atoms with Gasteiger partial charge in [0.25, 0.3) is 5.91 Å². The molecule has 3 nitrogen and oxygen atoms in total. The third-order valence-corrected chi connectivity index (χ3v) is 5.76. The minimum atomic E-state index is -0.130. The lowest BCUT2D eigenvalue weighted by Crippen LogP contribution is -2.29. The Balaban J connectivity index is 1.90. The van der Waals surface area contributed by atoms with Crippen molar-refractivity contribution in [2.45, 2.75) is 13.0 Å². The molecule has 1 amide bonds. The number of rotatable bonds is 3. The van der Waals surface area contributed by atoms with Gasteiger partial charge in [-0.2, -0.15) is 0 Å². The first-order valence-corrected chi connectivity index (χ1v) is 9.04. The van der Waals surface area contributed by atoms with Gasteiger partial charge in [0.2, 0.25) is 0 Å². The molecule has 0 bridgehead atoms. The maximum absolute atomic E-state index is 12.7. The molecule has 0 aliphatic rings. The van der Waals surface area contributed by atoms with Crippen molar-refractivity contribution >= 4 is 55.0 Å². The number of thiazole rings is 1. The highest BCUT2D eigenvalue weighted by molar-refractivity contribution is 9.10. The van der Waals surface area contributed by atoms with E-state index in [1.54, 1.807) is 35.4 Å². The van der Waals surface area contributed by atoms with Gasteiger partial charge in [-0.05, 0) is 37.3 Å². The Bertz CT molecular complexity index is 847. The van der Waals surface area contributed by atoms with Gasteiger partial charge in [0.15, 0.2) is 0 Å². The Kier molecular flexibility index (Phi) is 4.71. The molecule has 3 rings (SSSR count). The van der Waals surface area contributed by atoms with Gasteiger partial charge in [0.05, 0.1) is 26.8 Å². The van der Waals surface area contributed by atoms with Crippen LogP contribution in [0, 0.1) is 0 Å². The zero-order valence-corrected chi connectivity index (χ0v) is 15.7. The average Bonchev–Trinajstić information content (AvgIpc) is 2.99. The molecule has 6 heteroatoms. The van der Waals surface area contributed by atoms with Gasteiger partial charge in [0.1, 0.15) is 5.01 Å². The SMILES string of the molecule is C[C@@H](c1nc2ccccc2s1)N(C)C(=O)c1cc(Br)ccc1Cl. The number of hydrogen-bond acceptors (Lipinski definition) is 3. The smallest absolute Gasteiger partial charge is 0.255 e. The highest BCUT2D eigenvalue weighted by Crippen LogP contribution is 2.30. The van der Waals surface area contributed by atoms with Gasteiger partial charge < -0.3 is 4.90 Å². The third kappa shape index (κ3) is 3.27. The number of carbonyl (C=O) groups excluding carboxylic acids is 1. The van der Waals surface area contributed by atoms with E-state index in [9.17, 15) is 4.79 Å². The number of amides is 1. The van der Waals surface area contributed by atoms with Gasteiger partial charge in [-0.15, -0.1) is 11.3 Å². The first kappa shape index (κ1) is 16.4. The van der Waals surface area contributed by atoms with Crippen molar-refractivity contribution in [1.82, 2.24) is 9.88 Å². The first-order chi connectivity index (χ1) is 11.0. The number of para-hydroxylation sites is 1. The van der Waals surface area contributed by atoms with Crippen LogP contribution < -0.4 is 0 Å². The normalized spacial score (nSPS) is 12.3. The lowest BCUT2D eigenvalue weighted by Gasteiger charge is -2.23. The van der Waals surface area contributed by atoms with Crippen molar-refractivity contribution in [3.8, 4) is 0 Å². The Morgan fingerprint density at radius 3 is 2.78 bits per heavy atom. The summed E-state index contributed by atoms with van der Waals surface area (Å²) in [6, 6.07) is 13.1. The van der Waals surface area contributed by atoms with Crippen molar-refractivity contribution in [1.29, 1.82) is 0 Å². The second-order valence-corrected chi connectivity index (χ2v) is 7.62. The van der Waals surface area contributed by atoms with Crippen LogP contribution in [-0.2, 0) is 0 Å². The van der Waals surface area contributed by atoms with Crippen LogP contribution in [0.4, 0.5) is 0 Å². The molecule has 0 radical (unpaired) electrons. The largest absolute Gasteiger partial charge is 0.332 e. The van der Waals surface area contributed by atoms with Crippen molar-refractivity contribution in [3.63, 3.8) is 0 Å². The van der Waals surface area contributed by atoms with Crippen molar-refractivity contribution < 1.29 is 4.79 Å². The molecule has 0 saturated carbocycles. The minimum Gasteiger partial charge on any atom is -0.332 e. The average molecular weight is 410 g/mol. The second kappa shape index (κ2) is 6.59. The van der Waals surface area contributed by atoms with Crippen molar-refractivity contribution in [3.05, 3.63) is 62.5 Å².